The second-order valence-corrected chi connectivity index (χ2v) is 5.54. The van der Waals surface area contributed by atoms with Crippen LogP contribution in [0.5, 0.6) is 0 Å². The Bertz CT molecular complexity index is 267. The summed E-state index contributed by atoms with van der Waals surface area (Å²) < 4.78 is 1.09. The Kier molecular flexibility index (Phi) is 3.47. The normalized spacial score (nSPS) is 13.3. The Morgan fingerprint density at radius 3 is 2.50 bits per heavy atom. The van der Waals surface area contributed by atoms with Crippen LogP contribution in [-0.2, 0) is 4.79 Å². The maximum atomic E-state index is 10.7. The third kappa shape index (κ3) is 2.17. The van der Waals surface area contributed by atoms with Crippen LogP contribution in [0.15, 0.2) is 15.9 Å². The highest BCUT2D eigenvalue weighted by atomic mass is 79.9. The molecular formula is C9H11BrOS. The summed E-state index contributed by atoms with van der Waals surface area (Å²) in [5, 5.41) is 0. The molecule has 3 heteroatoms. The third-order valence-electron chi connectivity index (χ3n) is 1.79. The van der Waals surface area contributed by atoms with Gasteiger partial charge in [-0.3, -0.25) is 0 Å². The van der Waals surface area contributed by atoms with Gasteiger partial charge in [-0.25, -0.2) is 0 Å². The van der Waals surface area contributed by atoms with Crippen molar-refractivity contribution in [2.24, 2.45) is 5.92 Å². The molecule has 0 radical (unpaired) electrons. The molecule has 1 nitrogen and oxygen atoms in total. The molecule has 1 atom stereocenters. The average molecular weight is 247 g/mol. The molecule has 0 aromatic carbocycles. The fourth-order valence-electron chi connectivity index (χ4n) is 1.06. The first kappa shape index (κ1) is 9.93. The van der Waals surface area contributed by atoms with Crippen LogP contribution in [-0.4, -0.2) is 6.29 Å². The minimum atomic E-state index is 0.0568. The molecule has 1 heterocycles. The fourth-order valence-corrected chi connectivity index (χ4v) is 2.71. The number of hydrogen-bond donors (Lipinski definition) is 0. The van der Waals surface area contributed by atoms with Crippen LogP contribution < -0.4 is 0 Å². The molecule has 0 saturated heterocycles. The van der Waals surface area contributed by atoms with E-state index in [1.807, 2.05) is 12.1 Å². The summed E-state index contributed by atoms with van der Waals surface area (Å²) in [7, 11) is 0. The Morgan fingerprint density at radius 2 is 2.17 bits per heavy atom. The van der Waals surface area contributed by atoms with E-state index in [4.69, 9.17) is 0 Å². The summed E-state index contributed by atoms with van der Waals surface area (Å²) in [5.74, 6) is 0.439. The number of carbonyl (C=O) groups is 1. The highest BCUT2D eigenvalue weighted by Crippen LogP contribution is 2.31. The zero-order valence-corrected chi connectivity index (χ0v) is 9.48. The second kappa shape index (κ2) is 4.19. The summed E-state index contributed by atoms with van der Waals surface area (Å²) in [4.78, 5) is 11.9. The maximum absolute atomic E-state index is 10.7. The molecule has 0 bridgehead atoms. The zero-order valence-electron chi connectivity index (χ0n) is 7.08. The Morgan fingerprint density at radius 1 is 1.50 bits per heavy atom. The van der Waals surface area contributed by atoms with Gasteiger partial charge in [-0.2, -0.15) is 0 Å². The van der Waals surface area contributed by atoms with E-state index >= 15 is 0 Å². The standard InChI is InChI=1S/C9H11BrOS/c1-6(2)7(5-11)8-3-4-9(10)12-8/h3-7H,1-2H3. The summed E-state index contributed by atoms with van der Waals surface area (Å²) in [5.41, 5.74) is 0. The summed E-state index contributed by atoms with van der Waals surface area (Å²) in [6.07, 6.45) is 1.03. The van der Waals surface area contributed by atoms with E-state index in [9.17, 15) is 4.79 Å². The van der Waals surface area contributed by atoms with Crippen molar-refractivity contribution in [3.8, 4) is 0 Å². The van der Waals surface area contributed by atoms with Crippen molar-refractivity contribution in [3.63, 3.8) is 0 Å². The quantitative estimate of drug-likeness (QED) is 0.747. The number of thiophene rings is 1. The number of carbonyl (C=O) groups excluding carboxylic acids is 1. The van der Waals surface area contributed by atoms with Crippen LogP contribution >= 0.6 is 27.3 Å². The molecule has 66 valence electrons. The van der Waals surface area contributed by atoms with Crippen LogP contribution in [0.4, 0.5) is 0 Å². The van der Waals surface area contributed by atoms with Gasteiger partial charge in [0.05, 0.1) is 9.70 Å². The summed E-state index contributed by atoms with van der Waals surface area (Å²) in [6.45, 7) is 4.12. The first-order valence-electron chi connectivity index (χ1n) is 3.85. The van der Waals surface area contributed by atoms with E-state index in [0.29, 0.717) is 5.92 Å². The zero-order chi connectivity index (χ0) is 9.14. The van der Waals surface area contributed by atoms with Gasteiger partial charge in [-0.15, -0.1) is 11.3 Å². The molecule has 0 aliphatic carbocycles. The lowest BCUT2D eigenvalue weighted by Crippen LogP contribution is -2.05. The van der Waals surface area contributed by atoms with E-state index in [-0.39, 0.29) is 5.92 Å². The van der Waals surface area contributed by atoms with E-state index in [1.165, 1.54) is 0 Å². The lowest BCUT2D eigenvalue weighted by atomic mass is 9.96. The van der Waals surface area contributed by atoms with Crippen LogP contribution in [0.1, 0.15) is 24.6 Å². The topological polar surface area (TPSA) is 17.1 Å². The van der Waals surface area contributed by atoms with E-state index in [2.05, 4.69) is 29.8 Å². The van der Waals surface area contributed by atoms with Crippen molar-refractivity contribution in [1.29, 1.82) is 0 Å². The van der Waals surface area contributed by atoms with Crippen LogP contribution in [0.3, 0.4) is 0 Å². The van der Waals surface area contributed by atoms with Gasteiger partial charge in [0.25, 0.3) is 0 Å². The maximum Gasteiger partial charge on any atom is 0.128 e. The second-order valence-electron chi connectivity index (χ2n) is 3.05. The average Bonchev–Trinajstić information content (AvgIpc) is 2.37. The van der Waals surface area contributed by atoms with Crippen molar-refractivity contribution in [3.05, 3.63) is 20.8 Å². The van der Waals surface area contributed by atoms with Gasteiger partial charge < -0.3 is 4.79 Å². The highest BCUT2D eigenvalue weighted by molar-refractivity contribution is 9.11. The van der Waals surface area contributed by atoms with E-state index in [1.54, 1.807) is 11.3 Å². The lowest BCUT2D eigenvalue weighted by Gasteiger charge is -2.10. The minimum absolute atomic E-state index is 0.0568. The predicted octanol–water partition coefficient (Wildman–Crippen LogP) is 3.45. The molecule has 0 spiro atoms. The SMILES string of the molecule is CC(C)C(C=O)c1ccc(Br)s1. The Hall–Kier alpha value is -0.150. The minimum Gasteiger partial charge on any atom is -0.303 e. The van der Waals surface area contributed by atoms with Crippen LogP contribution in [0.25, 0.3) is 0 Å². The van der Waals surface area contributed by atoms with Gasteiger partial charge in [0, 0.05) is 4.88 Å². The van der Waals surface area contributed by atoms with Gasteiger partial charge >= 0.3 is 0 Å². The highest BCUT2D eigenvalue weighted by Gasteiger charge is 2.16. The van der Waals surface area contributed by atoms with Gasteiger partial charge in [0.15, 0.2) is 0 Å². The van der Waals surface area contributed by atoms with Gasteiger partial charge in [0.1, 0.15) is 6.29 Å². The van der Waals surface area contributed by atoms with Crippen molar-refractivity contribution < 1.29 is 4.79 Å². The van der Waals surface area contributed by atoms with Crippen molar-refractivity contribution in [1.82, 2.24) is 0 Å². The van der Waals surface area contributed by atoms with E-state index in [0.717, 1.165) is 14.9 Å². The van der Waals surface area contributed by atoms with Crippen molar-refractivity contribution in [2.75, 3.05) is 0 Å². The predicted molar refractivity (Wildman–Crippen MR) is 55.7 cm³/mol. The molecule has 0 aliphatic rings. The van der Waals surface area contributed by atoms with Crippen LogP contribution in [0.2, 0.25) is 0 Å². The summed E-state index contributed by atoms with van der Waals surface area (Å²) in [6, 6.07) is 3.99. The largest absolute Gasteiger partial charge is 0.303 e. The summed E-state index contributed by atoms with van der Waals surface area (Å²) >= 11 is 5.02. The van der Waals surface area contributed by atoms with Gasteiger partial charge in [0.2, 0.25) is 0 Å². The molecule has 1 aromatic heterocycles. The van der Waals surface area contributed by atoms with Crippen LogP contribution in [0, 0.1) is 5.92 Å². The molecule has 0 saturated carbocycles. The Labute approximate surface area is 84.9 Å². The number of aldehydes is 1. The van der Waals surface area contributed by atoms with Crippen molar-refractivity contribution in [2.45, 2.75) is 19.8 Å². The molecule has 1 rings (SSSR count). The number of hydrogen-bond acceptors (Lipinski definition) is 2. The smallest absolute Gasteiger partial charge is 0.128 e. The lowest BCUT2D eigenvalue weighted by molar-refractivity contribution is -0.109. The van der Waals surface area contributed by atoms with Gasteiger partial charge in [-0.05, 0) is 34.0 Å². The van der Waals surface area contributed by atoms with Crippen molar-refractivity contribution >= 4 is 33.6 Å². The molecule has 0 aliphatic heterocycles. The molecule has 0 amide bonds. The number of halogens is 1. The molecule has 12 heavy (non-hydrogen) atoms. The first-order valence-corrected chi connectivity index (χ1v) is 5.46. The molecule has 0 fully saturated rings. The molecule has 1 aromatic rings. The van der Waals surface area contributed by atoms with Gasteiger partial charge in [-0.1, -0.05) is 13.8 Å². The fraction of sp³-hybridized carbons (Fsp3) is 0.444. The van der Waals surface area contributed by atoms with E-state index < -0.39 is 0 Å². The molecule has 1 unspecified atom stereocenters. The molecular weight excluding hydrogens is 236 g/mol. The molecule has 0 N–H and O–H groups in total. The monoisotopic (exact) mass is 246 g/mol. The third-order valence-corrected chi connectivity index (χ3v) is 3.51. The Balaban J connectivity index is 2.87. The first-order chi connectivity index (χ1) is 5.65. The number of rotatable bonds is 3.